The largest absolute Gasteiger partial charge is 0.380 e. The summed E-state index contributed by atoms with van der Waals surface area (Å²) in [6, 6.07) is 5.31. The number of nitrogens with one attached hydrogen (secondary N) is 2. The molecular formula is C12H18N2O2S. The zero-order valence-corrected chi connectivity index (χ0v) is 11.2. The van der Waals surface area contributed by atoms with Crippen molar-refractivity contribution in [3.05, 3.63) is 18.2 Å². The highest BCUT2D eigenvalue weighted by Crippen LogP contribution is 2.36. The van der Waals surface area contributed by atoms with Gasteiger partial charge in [0.1, 0.15) is 0 Å². The molecule has 0 saturated heterocycles. The van der Waals surface area contributed by atoms with E-state index in [9.17, 15) is 8.42 Å². The van der Waals surface area contributed by atoms with E-state index in [1.165, 1.54) is 6.26 Å². The van der Waals surface area contributed by atoms with Crippen LogP contribution in [0.3, 0.4) is 0 Å². The summed E-state index contributed by atoms with van der Waals surface area (Å²) in [7, 11) is -3.19. The number of hydrogen-bond donors (Lipinski definition) is 2. The summed E-state index contributed by atoms with van der Waals surface area (Å²) in [5.41, 5.74) is 1.54. The zero-order chi connectivity index (χ0) is 12.7. The van der Waals surface area contributed by atoms with E-state index in [-0.39, 0.29) is 5.54 Å². The van der Waals surface area contributed by atoms with Gasteiger partial charge in [-0.25, -0.2) is 8.42 Å². The van der Waals surface area contributed by atoms with Crippen LogP contribution in [0.15, 0.2) is 23.1 Å². The van der Waals surface area contributed by atoms with Crippen molar-refractivity contribution < 1.29 is 8.42 Å². The molecule has 1 atom stereocenters. The number of hydrogen-bond acceptors (Lipinski definition) is 4. The molecule has 0 bridgehead atoms. The fourth-order valence-corrected chi connectivity index (χ4v) is 2.87. The van der Waals surface area contributed by atoms with Crippen LogP contribution in [0.25, 0.3) is 0 Å². The Hall–Kier alpha value is -1.23. The average Bonchev–Trinajstić information content (AvgIpc) is 2.26. The zero-order valence-electron chi connectivity index (χ0n) is 10.4. The molecule has 94 valence electrons. The molecule has 1 aromatic rings. The molecule has 4 nitrogen and oxygen atoms in total. The lowest BCUT2D eigenvalue weighted by Crippen LogP contribution is -2.44. The van der Waals surface area contributed by atoms with Crippen LogP contribution in [-0.2, 0) is 9.84 Å². The van der Waals surface area contributed by atoms with E-state index in [0.717, 1.165) is 18.7 Å². The topological polar surface area (TPSA) is 58.2 Å². The van der Waals surface area contributed by atoms with Crippen molar-refractivity contribution in [1.82, 2.24) is 0 Å². The van der Waals surface area contributed by atoms with Crippen molar-refractivity contribution in [3.63, 3.8) is 0 Å². The molecule has 1 aliphatic rings. The first-order valence-corrected chi connectivity index (χ1v) is 7.60. The third-order valence-electron chi connectivity index (χ3n) is 3.30. The van der Waals surface area contributed by atoms with Gasteiger partial charge in [-0.1, -0.05) is 13.0 Å². The Bertz CT molecular complexity index is 539. The lowest BCUT2D eigenvalue weighted by molar-refractivity contribution is 0.512. The summed E-state index contributed by atoms with van der Waals surface area (Å²) in [6.07, 6.45) is 2.21. The summed E-state index contributed by atoms with van der Waals surface area (Å²) in [4.78, 5) is 0.362. The average molecular weight is 254 g/mol. The van der Waals surface area contributed by atoms with Gasteiger partial charge in [-0.15, -0.1) is 0 Å². The SMILES string of the molecule is CCC1(C)CNc2c(cccc2S(C)(=O)=O)N1. The molecule has 0 spiro atoms. The van der Waals surface area contributed by atoms with Crippen LogP contribution in [0.4, 0.5) is 11.4 Å². The van der Waals surface area contributed by atoms with E-state index < -0.39 is 9.84 Å². The van der Waals surface area contributed by atoms with E-state index in [2.05, 4.69) is 24.5 Å². The minimum atomic E-state index is -3.19. The Morgan fingerprint density at radius 2 is 2.12 bits per heavy atom. The third kappa shape index (κ3) is 2.24. The first kappa shape index (κ1) is 12.2. The van der Waals surface area contributed by atoms with Crippen molar-refractivity contribution in [2.45, 2.75) is 30.7 Å². The molecule has 17 heavy (non-hydrogen) atoms. The van der Waals surface area contributed by atoms with Crippen molar-refractivity contribution in [2.24, 2.45) is 0 Å². The fraction of sp³-hybridized carbons (Fsp3) is 0.500. The number of fused-ring (bicyclic) bond motifs is 1. The van der Waals surface area contributed by atoms with Gasteiger partial charge in [-0.05, 0) is 25.5 Å². The van der Waals surface area contributed by atoms with Gasteiger partial charge < -0.3 is 10.6 Å². The van der Waals surface area contributed by atoms with Gasteiger partial charge in [0, 0.05) is 12.8 Å². The fourth-order valence-electron chi connectivity index (χ4n) is 1.99. The van der Waals surface area contributed by atoms with Crippen molar-refractivity contribution in [1.29, 1.82) is 0 Å². The predicted molar refractivity (Wildman–Crippen MR) is 70.4 cm³/mol. The number of sulfone groups is 1. The number of rotatable bonds is 2. The second kappa shape index (κ2) is 3.91. The van der Waals surface area contributed by atoms with E-state index in [1.807, 2.05) is 6.07 Å². The second-order valence-electron chi connectivity index (χ2n) is 4.84. The standard InChI is InChI=1S/C12H18N2O2S/c1-4-12(2)8-13-11-9(14-12)6-5-7-10(11)17(3,15)16/h5-7,13-14H,4,8H2,1-3H3. The number of para-hydroxylation sites is 1. The quantitative estimate of drug-likeness (QED) is 0.848. The van der Waals surface area contributed by atoms with E-state index in [4.69, 9.17) is 0 Å². The molecule has 5 heteroatoms. The smallest absolute Gasteiger partial charge is 0.177 e. The molecule has 0 aromatic heterocycles. The van der Waals surface area contributed by atoms with E-state index in [1.54, 1.807) is 12.1 Å². The van der Waals surface area contributed by atoms with Gasteiger partial charge in [0.2, 0.25) is 0 Å². The summed E-state index contributed by atoms with van der Waals surface area (Å²) < 4.78 is 23.3. The number of benzene rings is 1. The van der Waals surface area contributed by atoms with Crippen LogP contribution in [0.1, 0.15) is 20.3 Å². The number of anilines is 2. The predicted octanol–water partition coefficient (Wildman–Crippen LogP) is 2.10. The molecule has 1 aromatic carbocycles. The lowest BCUT2D eigenvalue weighted by atomic mass is 9.95. The second-order valence-corrected chi connectivity index (χ2v) is 6.83. The molecule has 1 unspecified atom stereocenters. The van der Waals surface area contributed by atoms with Crippen LogP contribution >= 0.6 is 0 Å². The minimum absolute atomic E-state index is 0.0247. The maximum Gasteiger partial charge on any atom is 0.177 e. The van der Waals surface area contributed by atoms with Gasteiger partial charge in [0.05, 0.1) is 21.8 Å². The summed E-state index contributed by atoms with van der Waals surface area (Å²) in [5.74, 6) is 0. The molecule has 2 N–H and O–H groups in total. The Labute approximate surface area is 102 Å². The van der Waals surface area contributed by atoms with Crippen molar-refractivity contribution in [3.8, 4) is 0 Å². The first-order chi connectivity index (χ1) is 7.86. The summed E-state index contributed by atoms with van der Waals surface area (Å²) >= 11 is 0. The van der Waals surface area contributed by atoms with Gasteiger partial charge in [0.25, 0.3) is 0 Å². The first-order valence-electron chi connectivity index (χ1n) is 5.71. The molecule has 0 radical (unpaired) electrons. The minimum Gasteiger partial charge on any atom is -0.380 e. The Balaban J connectivity index is 2.50. The highest BCUT2D eigenvalue weighted by atomic mass is 32.2. The molecule has 0 saturated carbocycles. The van der Waals surface area contributed by atoms with Crippen molar-refractivity contribution in [2.75, 3.05) is 23.4 Å². The van der Waals surface area contributed by atoms with Crippen LogP contribution in [-0.4, -0.2) is 26.8 Å². The molecule has 0 amide bonds. The lowest BCUT2D eigenvalue weighted by Gasteiger charge is -2.37. The van der Waals surface area contributed by atoms with Crippen LogP contribution in [0.5, 0.6) is 0 Å². The molecule has 1 aliphatic heterocycles. The Morgan fingerprint density at radius 1 is 1.41 bits per heavy atom. The van der Waals surface area contributed by atoms with Gasteiger partial charge in [-0.3, -0.25) is 0 Å². The van der Waals surface area contributed by atoms with Gasteiger partial charge in [-0.2, -0.15) is 0 Å². The summed E-state index contributed by atoms with van der Waals surface area (Å²) in [5, 5.41) is 6.65. The highest BCUT2D eigenvalue weighted by molar-refractivity contribution is 7.90. The maximum absolute atomic E-state index is 11.7. The molecular weight excluding hydrogens is 236 g/mol. The Kier molecular flexibility index (Phi) is 2.81. The van der Waals surface area contributed by atoms with E-state index >= 15 is 0 Å². The molecule has 0 aliphatic carbocycles. The van der Waals surface area contributed by atoms with Crippen LogP contribution in [0.2, 0.25) is 0 Å². The third-order valence-corrected chi connectivity index (χ3v) is 4.44. The van der Waals surface area contributed by atoms with Gasteiger partial charge >= 0.3 is 0 Å². The monoisotopic (exact) mass is 254 g/mol. The maximum atomic E-state index is 11.7. The Morgan fingerprint density at radius 3 is 2.71 bits per heavy atom. The molecule has 0 fully saturated rings. The van der Waals surface area contributed by atoms with Crippen LogP contribution in [0, 0.1) is 0 Å². The molecule has 2 rings (SSSR count). The molecule has 1 heterocycles. The summed E-state index contributed by atoms with van der Waals surface area (Å²) in [6.45, 7) is 4.96. The van der Waals surface area contributed by atoms with Crippen molar-refractivity contribution >= 4 is 21.2 Å². The van der Waals surface area contributed by atoms with Crippen LogP contribution < -0.4 is 10.6 Å². The van der Waals surface area contributed by atoms with Gasteiger partial charge in [0.15, 0.2) is 9.84 Å². The highest BCUT2D eigenvalue weighted by Gasteiger charge is 2.29. The normalized spacial score (nSPS) is 23.5. The van der Waals surface area contributed by atoms with E-state index in [0.29, 0.717) is 10.6 Å².